The lowest BCUT2D eigenvalue weighted by atomic mass is 9.97. The van der Waals surface area contributed by atoms with E-state index >= 15 is 0 Å². The summed E-state index contributed by atoms with van der Waals surface area (Å²) in [7, 11) is 0. The Labute approximate surface area is 125 Å². The van der Waals surface area contributed by atoms with E-state index < -0.39 is 0 Å². The predicted octanol–water partition coefficient (Wildman–Crippen LogP) is 3.37. The van der Waals surface area contributed by atoms with Crippen molar-refractivity contribution in [2.24, 2.45) is 5.73 Å². The molecular weight excluding hydrogens is 260 g/mol. The summed E-state index contributed by atoms with van der Waals surface area (Å²) in [5.41, 5.74) is 7.44. The molecule has 0 unspecified atom stereocenters. The van der Waals surface area contributed by atoms with Crippen LogP contribution in [-0.2, 0) is 4.79 Å². The third-order valence-electron chi connectivity index (χ3n) is 4.27. The molecule has 0 saturated heterocycles. The molecule has 3 nitrogen and oxygen atoms in total. The molecule has 0 spiro atoms. The van der Waals surface area contributed by atoms with Crippen molar-refractivity contribution in [1.82, 2.24) is 4.90 Å². The number of benzene rings is 2. The van der Waals surface area contributed by atoms with Crippen LogP contribution < -0.4 is 5.73 Å². The van der Waals surface area contributed by atoms with Gasteiger partial charge in [0, 0.05) is 18.3 Å². The Morgan fingerprint density at radius 1 is 1.19 bits per heavy atom. The second kappa shape index (κ2) is 5.60. The van der Waals surface area contributed by atoms with E-state index in [4.69, 9.17) is 5.73 Å². The van der Waals surface area contributed by atoms with E-state index in [9.17, 15) is 4.79 Å². The number of hydrogen-bond acceptors (Lipinski definition) is 2. The summed E-state index contributed by atoms with van der Waals surface area (Å²) in [6.45, 7) is 3.14. The number of fused-ring (bicyclic) bond motifs is 1. The standard InChI is InChI=1S/C18H20N2O/c1-13(20-11-5-8-15(12-20)18(19)21)16-10-4-7-14-6-2-3-9-17(14)16/h2-4,6-7,9-10,12-13H,5,8,11H2,1H3,(H2,19,21)/t13-/m1/s1. The largest absolute Gasteiger partial charge is 0.370 e. The number of carbonyl (C=O) groups is 1. The average Bonchev–Trinajstić information content (AvgIpc) is 2.53. The van der Waals surface area contributed by atoms with Gasteiger partial charge in [-0.05, 0) is 36.1 Å². The molecule has 2 N–H and O–H groups in total. The smallest absolute Gasteiger partial charge is 0.246 e. The molecular formula is C18H20N2O. The van der Waals surface area contributed by atoms with Gasteiger partial charge in [0.25, 0.3) is 0 Å². The van der Waals surface area contributed by atoms with Gasteiger partial charge >= 0.3 is 0 Å². The van der Waals surface area contributed by atoms with E-state index in [1.165, 1.54) is 16.3 Å². The maximum Gasteiger partial charge on any atom is 0.246 e. The zero-order chi connectivity index (χ0) is 14.8. The highest BCUT2D eigenvalue weighted by Gasteiger charge is 2.20. The minimum atomic E-state index is -0.301. The van der Waals surface area contributed by atoms with Gasteiger partial charge in [0.05, 0.1) is 6.04 Å². The van der Waals surface area contributed by atoms with Crippen molar-refractivity contribution in [2.45, 2.75) is 25.8 Å². The Kier molecular flexibility index (Phi) is 3.65. The fourth-order valence-corrected chi connectivity index (χ4v) is 3.07. The molecule has 0 radical (unpaired) electrons. The Morgan fingerprint density at radius 3 is 2.76 bits per heavy atom. The summed E-state index contributed by atoms with van der Waals surface area (Å²) in [6, 6.07) is 15.0. The van der Waals surface area contributed by atoms with E-state index in [0.717, 1.165) is 25.0 Å². The van der Waals surface area contributed by atoms with Gasteiger partial charge in [-0.3, -0.25) is 4.79 Å². The van der Waals surface area contributed by atoms with Crippen molar-refractivity contribution in [1.29, 1.82) is 0 Å². The van der Waals surface area contributed by atoms with Crippen molar-refractivity contribution in [2.75, 3.05) is 6.54 Å². The van der Waals surface area contributed by atoms with Crippen LogP contribution in [0.25, 0.3) is 10.8 Å². The maximum atomic E-state index is 11.4. The molecule has 1 heterocycles. The van der Waals surface area contributed by atoms with Crippen molar-refractivity contribution >= 4 is 16.7 Å². The minimum Gasteiger partial charge on any atom is -0.370 e. The summed E-state index contributed by atoms with van der Waals surface area (Å²) >= 11 is 0. The first-order chi connectivity index (χ1) is 10.2. The van der Waals surface area contributed by atoms with Crippen LogP contribution in [0.15, 0.2) is 54.2 Å². The van der Waals surface area contributed by atoms with Crippen LogP contribution in [0.2, 0.25) is 0 Å². The first-order valence-corrected chi connectivity index (χ1v) is 7.41. The Bertz CT molecular complexity index is 700. The van der Waals surface area contributed by atoms with Gasteiger partial charge in [-0.2, -0.15) is 0 Å². The second-order valence-electron chi connectivity index (χ2n) is 5.60. The summed E-state index contributed by atoms with van der Waals surface area (Å²) in [4.78, 5) is 13.6. The molecule has 1 aliphatic rings. The first-order valence-electron chi connectivity index (χ1n) is 7.41. The quantitative estimate of drug-likeness (QED) is 0.937. The summed E-state index contributed by atoms with van der Waals surface area (Å²) in [5.74, 6) is -0.301. The van der Waals surface area contributed by atoms with Crippen molar-refractivity contribution in [3.63, 3.8) is 0 Å². The predicted molar refractivity (Wildman–Crippen MR) is 85.6 cm³/mol. The van der Waals surface area contributed by atoms with E-state index in [-0.39, 0.29) is 11.9 Å². The SMILES string of the molecule is C[C@H](c1cccc2ccccc12)N1C=C(C(N)=O)CCC1. The molecule has 3 rings (SSSR count). The second-order valence-corrected chi connectivity index (χ2v) is 5.60. The zero-order valence-corrected chi connectivity index (χ0v) is 12.3. The number of carbonyl (C=O) groups excluding carboxylic acids is 1. The molecule has 1 amide bonds. The molecule has 0 bridgehead atoms. The van der Waals surface area contributed by atoms with Gasteiger partial charge in [0.15, 0.2) is 0 Å². The van der Waals surface area contributed by atoms with Gasteiger partial charge in [0.1, 0.15) is 0 Å². The highest BCUT2D eigenvalue weighted by Crippen LogP contribution is 2.30. The van der Waals surface area contributed by atoms with Crippen molar-refractivity contribution < 1.29 is 4.79 Å². The van der Waals surface area contributed by atoms with Crippen LogP contribution in [0, 0.1) is 0 Å². The first kappa shape index (κ1) is 13.7. The van der Waals surface area contributed by atoms with E-state index in [0.29, 0.717) is 0 Å². The molecule has 0 saturated carbocycles. The number of rotatable bonds is 3. The molecule has 21 heavy (non-hydrogen) atoms. The third kappa shape index (κ3) is 2.64. The lowest BCUT2D eigenvalue weighted by Gasteiger charge is -2.32. The highest BCUT2D eigenvalue weighted by atomic mass is 16.1. The number of amides is 1. The van der Waals surface area contributed by atoms with Crippen LogP contribution in [0.3, 0.4) is 0 Å². The number of nitrogens with zero attached hydrogens (tertiary/aromatic N) is 1. The van der Waals surface area contributed by atoms with E-state index in [1.807, 2.05) is 6.20 Å². The molecule has 2 aromatic rings. The van der Waals surface area contributed by atoms with E-state index in [2.05, 4.69) is 54.3 Å². The number of nitrogens with two attached hydrogens (primary N) is 1. The van der Waals surface area contributed by atoms with Crippen LogP contribution >= 0.6 is 0 Å². The van der Waals surface area contributed by atoms with Crippen LogP contribution in [0.5, 0.6) is 0 Å². The van der Waals surface area contributed by atoms with Crippen LogP contribution in [0.1, 0.15) is 31.4 Å². The normalized spacial score (nSPS) is 16.6. The van der Waals surface area contributed by atoms with Crippen molar-refractivity contribution in [3.8, 4) is 0 Å². The average molecular weight is 280 g/mol. The molecule has 1 aliphatic heterocycles. The lowest BCUT2D eigenvalue weighted by Crippen LogP contribution is -2.29. The molecule has 108 valence electrons. The molecule has 2 aromatic carbocycles. The minimum absolute atomic E-state index is 0.228. The van der Waals surface area contributed by atoms with Crippen molar-refractivity contribution in [3.05, 3.63) is 59.8 Å². The summed E-state index contributed by atoms with van der Waals surface area (Å²) < 4.78 is 0. The van der Waals surface area contributed by atoms with Gasteiger partial charge in [0.2, 0.25) is 5.91 Å². The fourth-order valence-electron chi connectivity index (χ4n) is 3.07. The third-order valence-corrected chi connectivity index (χ3v) is 4.27. The zero-order valence-electron chi connectivity index (χ0n) is 12.3. The van der Waals surface area contributed by atoms with Gasteiger partial charge in [-0.1, -0.05) is 42.5 Å². The lowest BCUT2D eigenvalue weighted by molar-refractivity contribution is -0.114. The van der Waals surface area contributed by atoms with E-state index in [1.54, 1.807) is 0 Å². The summed E-state index contributed by atoms with van der Waals surface area (Å²) in [6.07, 6.45) is 3.70. The highest BCUT2D eigenvalue weighted by molar-refractivity contribution is 5.92. The topological polar surface area (TPSA) is 46.3 Å². The number of primary amides is 1. The molecule has 0 aromatic heterocycles. The van der Waals surface area contributed by atoms with Gasteiger partial charge in [-0.15, -0.1) is 0 Å². The fraction of sp³-hybridized carbons (Fsp3) is 0.278. The van der Waals surface area contributed by atoms with Gasteiger partial charge < -0.3 is 10.6 Å². The number of hydrogen-bond donors (Lipinski definition) is 1. The van der Waals surface area contributed by atoms with Crippen LogP contribution in [-0.4, -0.2) is 17.4 Å². The Hall–Kier alpha value is -2.29. The molecule has 1 atom stereocenters. The molecule has 3 heteroatoms. The monoisotopic (exact) mass is 280 g/mol. The van der Waals surface area contributed by atoms with Gasteiger partial charge in [-0.25, -0.2) is 0 Å². The molecule has 0 aliphatic carbocycles. The summed E-state index contributed by atoms with van der Waals surface area (Å²) in [5, 5.41) is 2.52. The van der Waals surface area contributed by atoms with Crippen LogP contribution in [0.4, 0.5) is 0 Å². The Morgan fingerprint density at radius 2 is 1.95 bits per heavy atom. The Balaban J connectivity index is 1.99. The maximum absolute atomic E-state index is 11.4. The molecule has 0 fully saturated rings.